The van der Waals surface area contributed by atoms with Gasteiger partial charge in [0.2, 0.25) is 5.82 Å². The average Bonchev–Trinajstić information content (AvgIpc) is 2.94. The molecule has 138 valence electrons. The van der Waals surface area contributed by atoms with Crippen LogP contribution in [0.3, 0.4) is 0 Å². The van der Waals surface area contributed by atoms with Gasteiger partial charge in [-0.15, -0.1) is 0 Å². The van der Waals surface area contributed by atoms with Crippen LogP contribution in [0.25, 0.3) is 0 Å². The number of benzene rings is 1. The second kappa shape index (κ2) is 7.65. The number of aromatic nitrogens is 3. The predicted octanol–water partition coefficient (Wildman–Crippen LogP) is 2.90. The lowest BCUT2D eigenvalue weighted by atomic mass is 10.2. The van der Waals surface area contributed by atoms with Crippen LogP contribution >= 0.6 is 0 Å². The first-order chi connectivity index (χ1) is 13.0. The fraction of sp³-hybridized carbons (Fsp3) is 0.167. The van der Waals surface area contributed by atoms with Crippen molar-refractivity contribution >= 4 is 23.1 Å². The Hall–Kier alpha value is -3.75. The molecule has 0 saturated carbocycles. The van der Waals surface area contributed by atoms with Gasteiger partial charge in [0.15, 0.2) is 0 Å². The van der Waals surface area contributed by atoms with E-state index in [1.807, 2.05) is 12.1 Å². The summed E-state index contributed by atoms with van der Waals surface area (Å²) in [5.41, 5.74) is 2.31. The number of nitrogens with zero attached hydrogens (tertiary/aromatic N) is 4. The van der Waals surface area contributed by atoms with Crippen molar-refractivity contribution in [2.75, 3.05) is 10.6 Å². The van der Waals surface area contributed by atoms with Crippen molar-refractivity contribution in [3.8, 4) is 0 Å². The molecular formula is C18H18N6O3. The van der Waals surface area contributed by atoms with Gasteiger partial charge in [0.05, 0.1) is 4.92 Å². The maximum absolute atomic E-state index is 12.2. The fourth-order valence-electron chi connectivity index (χ4n) is 2.72. The highest BCUT2D eigenvalue weighted by Crippen LogP contribution is 2.27. The van der Waals surface area contributed by atoms with E-state index in [1.165, 1.54) is 4.68 Å². The molecule has 1 aromatic carbocycles. The molecule has 0 radical (unpaired) electrons. The minimum atomic E-state index is -0.448. The van der Waals surface area contributed by atoms with Gasteiger partial charge in [-0.05, 0) is 36.8 Å². The molecule has 0 bridgehead atoms. The van der Waals surface area contributed by atoms with Crippen molar-refractivity contribution in [3.63, 3.8) is 0 Å². The van der Waals surface area contributed by atoms with Crippen molar-refractivity contribution in [3.05, 3.63) is 75.7 Å². The Morgan fingerprint density at radius 2 is 2.00 bits per heavy atom. The second-order valence-corrected chi connectivity index (χ2v) is 5.91. The molecule has 0 aliphatic carbocycles. The average molecular weight is 366 g/mol. The molecule has 2 aromatic heterocycles. The summed E-state index contributed by atoms with van der Waals surface area (Å²) in [4.78, 5) is 26.9. The molecule has 3 aromatic rings. The fourth-order valence-corrected chi connectivity index (χ4v) is 2.72. The molecule has 0 aliphatic rings. The molecule has 2 N–H and O–H groups in total. The van der Waals surface area contributed by atoms with Gasteiger partial charge in [0, 0.05) is 37.2 Å². The van der Waals surface area contributed by atoms with Crippen molar-refractivity contribution in [1.82, 2.24) is 14.8 Å². The summed E-state index contributed by atoms with van der Waals surface area (Å²) in [6.45, 7) is 1.94. The van der Waals surface area contributed by atoms with Gasteiger partial charge < -0.3 is 10.6 Å². The Bertz CT molecular complexity index is 984. The molecule has 0 spiro atoms. The lowest BCUT2D eigenvalue weighted by Gasteiger charge is -2.09. The quantitative estimate of drug-likeness (QED) is 0.512. The van der Waals surface area contributed by atoms with E-state index in [0.29, 0.717) is 29.3 Å². The monoisotopic (exact) mass is 366 g/mol. The molecular weight excluding hydrogens is 348 g/mol. The first-order valence-electron chi connectivity index (χ1n) is 8.18. The van der Waals surface area contributed by atoms with Crippen LogP contribution in [0.15, 0.2) is 48.8 Å². The van der Waals surface area contributed by atoms with Crippen LogP contribution in [0.5, 0.6) is 0 Å². The van der Waals surface area contributed by atoms with Gasteiger partial charge in [-0.25, -0.2) is 4.68 Å². The van der Waals surface area contributed by atoms with E-state index in [9.17, 15) is 14.9 Å². The van der Waals surface area contributed by atoms with E-state index in [4.69, 9.17) is 0 Å². The van der Waals surface area contributed by atoms with Gasteiger partial charge in [0.25, 0.3) is 5.91 Å². The van der Waals surface area contributed by atoms with Crippen LogP contribution in [-0.4, -0.2) is 25.6 Å². The molecule has 0 atom stereocenters. The Labute approximate surface area is 155 Å². The summed E-state index contributed by atoms with van der Waals surface area (Å²) in [5, 5.41) is 21.2. The number of pyridine rings is 1. The number of amides is 1. The number of carbonyl (C=O) groups is 1. The van der Waals surface area contributed by atoms with Crippen LogP contribution in [0, 0.1) is 17.0 Å². The number of aryl methyl sites for hydroxylation is 2. The van der Waals surface area contributed by atoms with Gasteiger partial charge in [-0.3, -0.25) is 19.9 Å². The lowest BCUT2D eigenvalue weighted by Crippen LogP contribution is -2.12. The van der Waals surface area contributed by atoms with E-state index in [1.54, 1.807) is 50.6 Å². The van der Waals surface area contributed by atoms with Gasteiger partial charge in [-0.2, -0.15) is 5.10 Å². The van der Waals surface area contributed by atoms with Crippen LogP contribution in [0.1, 0.15) is 21.6 Å². The summed E-state index contributed by atoms with van der Waals surface area (Å²) in [6, 6.07) is 10.5. The van der Waals surface area contributed by atoms with E-state index in [-0.39, 0.29) is 11.6 Å². The predicted molar refractivity (Wildman–Crippen MR) is 101 cm³/mol. The summed E-state index contributed by atoms with van der Waals surface area (Å²) in [5.74, 6) is 0.101. The summed E-state index contributed by atoms with van der Waals surface area (Å²) in [6.07, 6.45) is 3.11. The molecule has 2 heterocycles. The standard InChI is InChI=1S/C18H18N6O3/c1-12-16(24(26)27)17(23(2)22-12)20-11-13-4-3-5-15(10-13)21-18(25)14-6-8-19-9-7-14/h3-10,20H,11H2,1-2H3,(H,21,25). The highest BCUT2D eigenvalue weighted by Gasteiger charge is 2.23. The Balaban J connectivity index is 1.72. The van der Waals surface area contributed by atoms with E-state index < -0.39 is 4.92 Å². The molecule has 0 unspecified atom stereocenters. The largest absolute Gasteiger partial charge is 0.360 e. The molecule has 0 fully saturated rings. The van der Waals surface area contributed by atoms with Crippen LogP contribution in [0.2, 0.25) is 0 Å². The first kappa shape index (κ1) is 18.1. The Kier molecular flexibility index (Phi) is 5.11. The smallest absolute Gasteiger partial charge is 0.333 e. The molecule has 0 saturated heterocycles. The number of hydrogen-bond donors (Lipinski definition) is 2. The third-order valence-corrected chi connectivity index (χ3v) is 3.96. The Morgan fingerprint density at radius 3 is 2.70 bits per heavy atom. The minimum absolute atomic E-state index is 0.0420. The van der Waals surface area contributed by atoms with Crippen molar-refractivity contribution in [2.45, 2.75) is 13.5 Å². The number of hydrogen-bond acceptors (Lipinski definition) is 6. The minimum Gasteiger partial charge on any atom is -0.360 e. The zero-order valence-electron chi connectivity index (χ0n) is 14.8. The third-order valence-electron chi connectivity index (χ3n) is 3.96. The first-order valence-corrected chi connectivity index (χ1v) is 8.18. The summed E-state index contributed by atoms with van der Waals surface area (Å²) in [7, 11) is 1.65. The van der Waals surface area contributed by atoms with E-state index in [0.717, 1.165) is 5.56 Å². The topological polar surface area (TPSA) is 115 Å². The highest BCUT2D eigenvalue weighted by molar-refractivity contribution is 6.04. The van der Waals surface area contributed by atoms with E-state index in [2.05, 4.69) is 20.7 Å². The number of rotatable bonds is 6. The van der Waals surface area contributed by atoms with Gasteiger partial charge in [0.1, 0.15) is 5.69 Å². The number of anilines is 2. The molecule has 9 heteroatoms. The zero-order chi connectivity index (χ0) is 19.4. The maximum Gasteiger partial charge on any atom is 0.333 e. The van der Waals surface area contributed by atoms with Crippen LogP contribution in [0.4, 0.5) is 17.2 Å². The van der Waals surface area contributed by atoms with Crippen molar-refractivity contribution in [2.24, 2.45) is 7.05 Å². The lowest BCUT2D eigenvalue weighted by molar-refractivity contribution is -0.384. The normalized spacial score (nSPS) is 10.4. The highest BCUT2D eigenvalue weighted by atomic mass is 16.6. The van der Waals surface area contributed by atoms with Gasteiger partial charge >= 0.3 is 5.69 Å². The molecule has 3 rings (SSSR count). The van der Waals surface area contributed by atoms with Crippen LogP contribution < -0.4 is 10.6 Å². The number of nitro groups is 1. The number of carbonyl (C=O) groups excluding carboxylic acids is 1. The molecule has 9 nitrogen and oxygen atoms in total. The van der Waals surface area contributed by atoms with E-state index >= 15 is 0 Å². The SMILES string of the molecule is Cc1nn(C)c(NCc2cccc(NC(=O)c3ccncc3)c2)c1[N+](=O)[O-]. The third kappa shape index (κ3) is 4.09. The molecule has 0 aliphatic heterocycles. The summed E-state index contributed by atoms with van der Waals surface area (Å²) < 4.78 is 1.45. The summed E-state index contributed by atoms with van der Waals surface area (Å²) >= 11 is 0. The maximum atomic E-state index is 12.2. The van der Waals surface area contributed by atoms with Crippen LogP contribution in [-0.2, 0) is 13.6 Å². The molecule has 27 heavy (non-hydrogen) atoms. The second-order valence-electron chi connectivity index (χ2n) is 5.91. The van der Waals surface area contributed by atoms with Crippen molar-refractivity contribution < 1.29 is 9.72 Å². The zero-order valence-corrected chi connectivity index (χ0v) is 14.8. The number of nitrogens with one attached hydrogen (secondary N) is 2. The Morgan fingerprint density at radius 1 is 1.26 bits per heavy atom. The van der Waals surface area contributed by atoms with Gasteiger partial charge in [-0.1, -0.05) is 12.1 Å². The molecule has 1 amide bonds. The van der Waals surface area contributed by atoms with Crippen molar-refractivity contribution in [1.29, 1.82) is 0 Å².